The summed E-state index contributed by atoms with van der Waals surface area (Å²) in [7, 11) is -3.17. The van der Waals surface area contributed by atoms with Gasteiger partial charge in [-0.3, -0.25) is 0 Å². The number of amides is 2. The molecular weight excluding hydrogens is 328 g/mol. The van der Waals surface area contributed by atoms with Crippen LogP contribution in [0.3, 0.4) is 0 Å². The molecule has 1 aliphatic heterocycles. The van der Waals surface area contributed by atoms with Gasteiger partial charge >= 0.3 is 6.03 Å². The minimum absolute atomic E-state index is 0.0134. The summed E-state index contributed by atoms with van der Waals surface area (Å²) in [6, 6.07) is 5.29. The highest BCUT2D eigenvalue weighted by molar-refractivity contribution is 7.92. The Morgan fingerprint density at radius 1 is 1.38 bits per heavy atom. The summed E-state index contributed by atoms with van der Waals surface area (Å²) < 4.78 is 28.9. The van der Waals surface area contributed by atoms with Gasteiger partial charge in [0, 0.05) is 13.1 Å². The third-order valence-corrected chi connectivity index (χ3v) is 6.70. The van der Waals surface area contributed by atoms with Crippen molar-refractivity contribution in [2.24, 2.45) is 0 Å². The fourth-order valence-corrected chi connectivity index (χ4v) is 3.94. The van der Waals surface area contributed by atoms with Crippen molar-refractivity contribution in [2.45, 2.75) is 38.9 Å². The summed E-state index contributed by atoms with van der Waals surface area (Å²) in [5.74, 6) is 0.620. The predicted octanol–water partition coefficient (Wildman–Crippen LogP) is 2.82. The first-order chi connectivity index (χ1) is 11.2. The maximum Gasteiger partial charge on any atom is 0.322 e. The monoisotopic (exact) mass is 354 g/mol. The molecule has 1 aromatic carbocycles. The molecule has 1 aliphatic rings. The molecule has 1 aromatic rings. The van der Waals surface area contributed by atoms with Gasteiger partial charge in [-0.1, -0.05) is 13.0 Å². The average Bonchev–Trinajstić information content (AvgIpc) is 2.50. The van der Waals surface area contributed by atoms with E-state index in [1.807, 2.05) is 32.0 Å². The summed E-state index contributed by atoms with van der Waals surface area (Å²) in [6.07, 6.45) is 0.875. The SMILES string of the molecule is CCCOc1cc(C)ccc1NC(=O)N1CCS(=O)(=O)C(C)(C)C1. The number of hydrogen-bond acceptors (Lipinski definition) is 4. The van der Waals surface area contributed by atoms with Crippen LogP contribution in [0.2, 0.25) is 0 Å². The van der Waals surface area contributed by atoms with Gasteiger partial charge in [0.25, 0.3) is 0 Å². The molecule has 0 aromatic heterocycles. The van der Waals surface area contributed by atoms with Crippen LogP contribution < -0.4 is 10.1 Å². The molecule has 6 nitrogen and oxygen atoms in total. The second-order valence-electron chi connectivity index (χ2n) is 6.78. The zero-order valence-corrected chi connectivity index (χ0v) is 15.6. The summed E-state index contributed by atoms with van der Waals surface area (Å²) in [6.45, 7) is 8.24. The van der Waals surface area contributed by atoms with Crippen molar-refractivity contribution in [1.29, 1.82) is 0 Å². The van der Waals surface area contributed by atoms with Crippen LogP contribution in [0.15, 0.2) is 18.2 Å². The predicted molar refractivity (Wildman–Crippen MR) is 95.4 cm³/mol. The number of hydrogen-bond donors (Lipinski definition) is 1. The summed E-state index contributed by atoms with van der Waals surface area (Å²) in [5.41, 5.74) is 1.65. The van der Waals surface area contributed by atoms with E-state index in [2.05, 4.69) is 5.32 Å². The number of carbonyl (C=O) groups excluding carboxylic acids is 1. The van der Waals surface area contributed by atoms with Crippen molar-refractivity contribution in [2.75, 3.05) is 30.8 Å². The number of nitrogens with zero attached hydrogens (tertiary/aromatic N) is 1. The second kappa shape index (κ2) is 7.01. The smallest absolute Gasteiger partial charge is 0.322 e. The summed E-state index contributed by atoms with van der Waals surface area (Å²) in [4.78, 5) is 14.1. The number of benzene rings is 1. The van der Waals surface area contributed by atoms with E-state index in [1.165, 1.54) is 0 Å². The van der Waals surface area contributed by atoms with E-state index in [9.17, 15) is 13.2 Å². The first-order valence-electron chi connectivity index (χ1n) is 8.18. The molecule has 0 bridgehead atoms. The van der Waals surface area contributed by atoms with Gasteiger partial charge in [-0.15, -0.1) is 0 Å². The molecule has 1 N–H and O–H groups in total. The van der Waals surface area contributed by atoms with Crippen molar-refractivity contribution >= 4 is 21.6 Å². The molecule has 134 valence electrons. The molecule has 0 aliphatic carbocycles. The van der Waals surface area contributed by atoms with Crippen molar-refractivity contribution in [3.63, 3.8) is 0 Å². The van der Waals surface area contributed by atoms with E-state index < -0.39 is 14.6 Å². The van der Waals surface area contributed by atoms with Crippen molar-refractivity contribution in [3.05, 3.63) is 23.8 Å². The maximum absolute atomic E-state index is 12.5. The lowest BCUT2D eigenvalue weighted by atomic mass is 10.2. The standard InChI is InChI=1S/C17H26N2O4S/c1-5-9-23-15-11-13(2)6-7-14(15)18-16(20)19-8-10-24(21,22)17(3,4)12-19/h6-7,11H,5,8-10,12H2,1-4H3,(H,18,20). The summed E-state index contributed by atoms with van der Waals surface area (Å²) >= 11 is 0. The molecular formula is C17H26N2O4S. The van der Waals surface area contributed by atoms with E-state index in [0.29, 0.717) is 18.0 Å². The largest absolute Gasteiger partial charge is 0.491 e. The first kappa shape index (κ1) is 18.6. The number of rotatable bonds is 4. The quantitative estimate of drug-likeness (QED) is 0.902. The van der Waals surface area contributed by atoms with Crippen molar-refractivity contribution in [1.82, 2.24) is 4.90 Å². The molecule has 0 atom stereocenters. The molecule has 0 unspecified atom stereocenters. The minimum atomic E-state index is -3.17. The lowest BCUT2D eigenvalue weighted by Gasteiger charge is -2.37. The molecule has 7 heteroatoms. The van der Waals surface area contributed by atoms with Gasteiger partial charge in [0.1, 0.15) is 5.75 Å². The molecule has 2 amide bonds. The molecule has 0 radical (unpaired) electrons. The molecule has 0 spiro atoms. The molecule has 1 fully saturated rings. The van der Waals surface area contributed by atoms with E-state index in [-0.39, 0.29) is 24.9 Å². The maximum atomic E-state index is 12.5. The van der Waals surface area contributed by atoms with Crippen LogP contribution in [0.5, 0.6) is 5.75 Å². The molecule has 2 rings (SSSR count). The number of sulfone groups is 1. The highest BCUT2D eigenvalue weighted by Gasteiger charge is 2.41. The minimum Gasteiger partial charge on any atom is -0.491 e. The number of urea groups is 1. The van der Waals surface area contributed by atoms with Crippen LogP contribution in [-0.2, 0) is 9.84 Å². The molecule has 1 heterocycles. The number of ether oxygens (including phenoxy) is 1. The third-order valence-electron chi connectivity index (χ3n) is 4.17. The average molecular weight is 354 g/mol. The van der Waals surface area contributed by atoms with Crippen LogP contribution in [0.25, 0.3) is 0 Å². The lowest BCUT2D eigenvalue weighted by molar-refractivity contribution is 0.206. The van der Waals surface area contributed by atoms with E-state index in [1.54, 1.807) is 18.7 Å². The Morgan fingerprint density at radius 2 is 2.08 bits per heavy atom. The fourth-order valence-electron chi connectivity index (χ4n) is 2.58. The van der Waals surface area contributed by atoms with Gasteiger partial charge in [0.15, 0.2) is 9.84 Å². The van der Waals surface area contributed by atoms with Gasteiger partial charge < -0.3 is 15.0 Å². The van der Waals surface area contributed by atoms with Crippen molar-refractivity contribution in [3.8, 4) is 5.75 Å². The Labute approximate surface area is 144 Å². The first-order valence-corrected chi connectivity index (χ1v) is 9.83. The van der Waals surface area contributed by atoms with Gasteiger partial charge in [0.05, 0.1) is 22.8 Å². The zero-order chi connectivity index (χ0) is 18.0. The van der Waals surface area contributed by atoms with Crippen LogP contribution >= 0.6 is 0 Å². The van der Waals surface area contributed by atoms with Crippen molar-refractivity contribution < 1.29 is 17.9 Å². The number of nitrogens with one attached hydrogen (secondary N) is 1. The van der Waals surface area contributed by atoms with Crippen LogP contribution in [-0.4, -0.2) is 49.5 Å². The van der Waals surface area contributed by atoms with Gasteiger partial charge in [0.2, 0.25) is 0 Å². The lowest BCUT2D eigenvalue weighted by Crippen LogP contribution is -2.55. The molecule has 0 saturated carbocycles. The highest BCUT2D eigenvalue weighted by Crippen LogP contribution is 2.28. The fraction of sp³-hybridized carbons (Fsp3) is 0.588. The Morgan fingerprint density at radius 3 is 2.71 bits per heavy atom. The summed E-state index contributed by atoms with van der Waals surface area (Å²) in [5, 5.41) is 2.85. The zero-order valence-electron chi connectivity index (χ0n) is 14.8. The Kier molecular flexibility index (Phi) is 5.42. The van der Waals surface area contributed by atoms with Gasteiger partial charge in [-0.05, 0) is 44.9 Å². The highest BCUT2D eigenvalue weighted by atomic mass is 32.2. The topological polar surface area (TPSA) is 75.7 Å². The van der Waals surface area contributed by atoms with Crippen LogP contribution in [0.4, 0.5) is 10.5 Å². The van der Waals surface area contributed by atoms with E-state index >= 15 is 0 Å². The van der Waals surface area contributed by atoms with E-state index in [4.69, 9.17) is 4.74 Å². The Balaban J connectivity index is 2.13. The molecule has 24 heavy (non-hydrogen) atoms. The Hall–Kier alpha value is -1.76. The van der Waals surface area contributed by atoms with Gasteiger partial charge in [-0.2, -0.15) is 0 Å². The second-order valence-corrected chi connectivity index (χ2v) is 9.52. The number of carbonyl (C=O) groups is 1. The van der Waals surface area contributed by atoms with Crippen LogP contribution in [0.1, 0.15) is 32.8 Å². The third kappa shape index (κ3) is 4.01. The van der Waals surface area contributed by atoms with Gasteiger partial charge in [-0.25, -0.2) is 13.2 Å². The number of anilines is 1. The van der Waals surface area contributed by atoms with Crippen LogP contribution in [0, 0.1) is 6.92 Å². The normalized spacial score (nSPS) is 18.9. The Bertz CT molecular complexity index is 713. The van der Waals surface area contributed by atoms with E-state index in [0.717, 1.165) is 12.0 Å². The number of aryl methyl sites for hydroxylation is 1. The molecule has 1 saturated heterocycles.